The first-order chi connectivity index (χ1) is 15.4. The van der Waals surface area contributed by atoms with Crippen LogP contribution < -0.4 is 10.1 Å². The quantitative estimate of drug-likeness (QED) is 0.507. The van der Waals surface area contributed by atoms with Gasteiger partial charge < -0.3 is 29.4 Å². The molecule has 0 radical (unpaired) electrons. The zero-order chi connectivity index (χ0) is 22.9. The van der Waals surface area contributed by atoms with Crippen molar-refractivity contribution in [2.75, 3.05) is 26.4 Å². The molecule has 2 N–H and O–H groups in total. The zero-order valence-corrected chi connectivity index (χ0v) is 18.1. The monoisotopic (exact) mass is 448 g/mol. The van der Waals surface area contributed by atoms with Crippen molar-refractivity contribution in [1.29, 1.82) is 0 Å². The molecule has 1 aliphatic heterocycles. The van der Waals surface area contributed by atoms with Crippen LogP contribution in [-0.4, -0.2) is 76.7 Å². The molecule has 2 aromatic rings. The fraction of sp³-hybridized carbons (Fsp3) is 0.524. The third-order valence-electron chi connectivity index (χ3n) is 4.76. The van der Waals surface area contributed by atoms with E-state index in [4.69, 9.17) is 24.1 Å². The van der Waals surface area contributed by atoms with Crippen molar-refractivity contribution >= 4 is 11.9 Å². The number of nitrogens with one attached hydrogen (secondary N) is 1. The number of carbonyl (C=O) groups excluding carboxylic acids is 1. The SMILES string of the molecule is CCOc1ccc(Cn2cc(COC(C)C(=O)NC[C@@H]3CO[C@@H](C(=O)O)CO3)nn2)cc1. The van der Waals surface area contributed by atoms with Gasteiger partial charge in [-0.1, -0.05) is 17.3 Å². The lowest BCUT2D eigenvalue weighted by atomic mass is 10.2. The van der Waals surface area contributed by atoms with Crippen molar-refractivity contribution in [2.45, 2.75) is 45.3 Å². The van der Waals surface area contributed by atoms with Gasteiger partial charge in [0.25, 0.3) is 0 Å². The molecule has 3 rings (SSSR count). The number of benzene rings is 1. The molecule has 3 atom stereocenters. The Bertz CT molecular complexity index is 879. The van der Waals surface area contributed by atoms with Gasteiger partial charge in [0, 0.05) is 6.54 Å². The van der Waals surface area contributed by atoms with Gasteiger partial charge in [-0.25, -0.2) is 9.48 Å². The number of carboxylic acids is 1. The Morgan fingerprint density at radius 1 is 1.28 bits per heavy atom. The summed E-state index contributed by atoms with van der Waals surface area (Å²) in [7, 11) is 0. The molecular formula is C21H28N4O7. The molecule has 174 valence electrons. The molecule has 0 bridgehead atoms. The van der Waals surface area contributed by atoms with E-state index >= 15 is 0 Å². The molecule has 1 aromatic carbocycles. The third kappa shape index (κ3) is 7.01. The van der Waals surface area contributed by atoms with E-state index in [0.717, 1.165) is 11.3 Å². The van der Waals surface area contributed by atoms with Crippen LogP contribution in [0.4, 0.5) is 0 Å². The minimum atomic E-state index is -1.06. The van der Waals surface area contributed by atoms with Crippen LogP contribution in [0.5, 0.6) is 5.75 Å². The van der Waals surface area contributed by atoms with Crippen LogP contribution in [-0.2, 0) is 37.0 Å². The molecule has 1 aromatic heterocycles. The molecule has 0 saturated carbocycles. The van der Waals surface area contributed by atoms with E-state index in [2.05, 4.69) is 15.6 Å². The summed E-state index contributed by atoms with van der Waals surface area (Å²) < 4.78 is 23.3. The van der Waals surface area contributed by atoms with Gasteiger partial charge in [-0.15, -0.1) is 5.10 Å². The maximum Gasteiger partial charge on any atom is 0.335 e. The highest BCUT2D eigenvalue weighted by atomic mass is 16.6. The molecule has 2 heterocycles. The van der Waals surface area contributed by atoms with Crippen LogP contribution in [0, 0.1) is 0 Å². The number of carboxylic acid groups (broad SMARTS) is 1. The second-order valence-electron chi connectivity index (χ2n) is 7.30. The standard InChI is InChI=1S/C21H28N4O7/c1-3-29-17-6-4-15(5-7-17)9-25-10-16(23-24-25)11-30-14(2)20(26)22-8-18-12-32-19(13-31-18)21(27)28/h4-7,10,14,18-19H,3,8-9,11-13H2,1-2H3,(H,22,26)(H,27,28)/t14?,18-,19-/m1/s1. The summed E-state index contributed by atoms with van der Waals surface area (Å²) in [6.45, 7) is 5.16. The predicted molar refractivity (Wildman–Crippen MR) is 111 cm³/mol. The van der Waals surface area contributed by atoms with Gasteiger partial charge in [-0.05, 0) is 31.5 Å². The molecule has 0 spiro atoms. The molecule has 1 aliphatic rings. The van der Waals surface area contributed by atoms with Crippen LogP contribution in [0.1, 0.15) is 25.1 Å². The van der Waals surface area contributed by atoms with Gasteiger partial charge in [0.1, 0.15) is 17.5 Å². The molecule has 0 aliphatic carbocycles. The number of aromatic nitrogens is 3. The number of rotatable bonds is 11. The van der Waals surface area contributed by atoms with Gasteiger partial charge in [0.15, 0.2) is 6.10 Å². The van der Waals surface area contributed by atoms with E-state index < -0.39 is 24.3 Å². The minimum Gasteiger partial charge on any atom is -0.494 e. The Morgan fingerprint density at radius 2 is 2.06 bits per heavy atom. The first kappa shape index (κ1) is 23.6. The number of hydrogen-bond acceptors (Lipinski definition) is 8. The Hall–Kier alpha value is -3.02. The number of aliphatic carboxylic acids is 1. The van der Waals surface area contributed by atoms with Gasteiger partial charge in [0.05, 0.1) is 45.3 Å². The van der Waals surface area contributed by atoms with E-state index in [1.165, 1.54) is 0 Å². The van der Waals surface area contributed by atoms with E-state index in [0.29, 0.717) is 18.8 Å². The highest BCUT2D eigenvalue weighted by Gasteiger charge is 2.28. The number of ether oxygens (including phenoxy) is 4. The number of amides is 1. The predicted octanol–water partition coefficient (Wildman–Crippen LogP) is 0.615. The third-order valence-corrected chi connectivity index (χ3v) is 4.76. The Balaban J connectivity index is 1.37. The first-order valence-electron chi connectivity index (χ1n) is 10.4. The second kappa shape index (κ2) is 11.6. The summed E-state index contributed by atoms with van der Waals surface area (Å²) in [5, 5.41) is 19.8. The lowest BCUT2D eigenvalue weighted by Gasteiger charge is -2.27. The summed E-state index contributed by atoms with van der Waals surface area (Å²) in [5.74, 6) is -0.551. The Labute approximate surface area is 185 Å². The van der Waals surface area contributed by atoms with E-state index in [1.54, 1.807) is 17.8 Å². The van der Waals surface area contributed by atoms with Crippen LogP contribution in [0.3, 0.4) is 0 Å². The molecule has 1 amide bonds. The topological polar surface area (TPSA) is 134 Å². The Kier molecular flexibility index (Phi) is 8.54. The fourth-order valence-corrected chi connectivity index (χ4v) is 2.97. The summed E-state index contributed by atoms with van der Waals surface area (Å²) in [5.41, 5.74) is 1.67. The Morgan fingerprint density at radius 3 is 2.72 bits per heavy atom. The summed E-state index contributed by atoms with van der Waals surface area (Å²) in [4.78, 5) is 23.0. The normalized spacial score (nSPS) is 19.3. The van der Waals surface area contributed by atoms with Crippen molar-refractivity contribution in [2.24, 2.45) is 0 Å². The van der Waals surface area contributed by atoms with Gasteiger partial charge in [-0.2, -0.15) is 0 Å². The van der Waals surface area contributed by atoms with Crippen molar-refractivity contribution in [3.05, 3.63) is 41.7 Å². The maximum atomic E-state index is 12.2. The smallest absolute Gasteiger partial charge is 0.335 e. The summed E-state index contributed by atoms with van der Waals surface area (Å²) >= 11 is 0. The van der Waals surface area contributed by atoms with Crippen LogP contribution >= 0.6 is 0 Å². The van der Waals surface area contributed by atoms with Crippen LogP contribution in [0.25, 0.3) is 0 Å². The zero-order valence-electron chi connectivity index (χ0n) is 18.1. The number of carbonyl (C=O) groups is 2. The summed E-state index contributed by atoms with van der Waals surface area (Å²) in [6.07, 6.45) is -0.300. The highest BCUT2D eigenvalue weighted by Crippen LogP contribution is 2.13. The number of hydrogen-bond donors (Lipinski definition) is 2. The lowest BCUT2D eigenvalue weighted by Crippen LogP contribution is -2.46. The average molecular weight is 448 g/mol. The molecule has 1 fully saturated rings. The van der Waals surface area contributed by atoms with Crippen LogP contribution in [0.15, 0.2) is 30.5 Å². The average Bonchev–Trinajstić information content (AvgIpc) is 3.24. The first-order valence-corrected chi connectivity index (χ1v) is 10.4. The maximum absolute atomic E-state index is 12.2. The van der Waals surface area contributed by atoms with E-state index in [-0.39, 0.29) is 32.3 Å². The second-order valence-corrected chi connectivity index (χ2v) is 7.30. The largest absolute Gasteiger partial charge is 0.494 e. The molecule has 1 saturated heterocycles. The lowest BCUT2D eigenvalue weighted by molar-refractivity contribution is -0.175. The van der Waals surface area contributed by atoms with E-state index in [9.17, 15) is 9.59 Å². The molecule has 11 nitrogen and oxygen atoms in total. The number of nitrogens with zero attached hydrogens (tertiary/aromatic N) is 3. The summed E-state index contributed by atoms with van der Waals surface area (Å²) in [6, 6.07) is 7.76. The van der Waals surface area contributed by atoms with Crippen molar-refractivity contribution in [3.63, 3.8) is 0 Å². The molecule has 32 heavy (non-hydrogen) atoms. The van der Waals surface area contributed by atoms with Crippen LogP contribution in [0.2, 0.25) is 0 Å². The molecular weight excluding hydrogens is 420 g/mol. The highest BCUT2D eigenvalue weighted by molar-refractivity contribution is 5.80. The fourth-order valence-electron chi connectivity index (χ4n) is 2.97. The van der Waals surface area contributed by atoms with Gasteiger partial charge in [-0.3, -0.25) is 4.79 Å². The van der Waals surface area contributed by atoms with Crippen molar-refractivity contribution in [1.82, 2.24) is 20.3 Å². The van der Waals surface area contributed by atoms with Gasteiger partial charge >= 0.3 is 5.97 Å². The molecule has 11 heteroatoms. The van der Waals surface area contributed by atoms with Gasteiger partial charge in [0.2, 0.25) is 5.91 Å². The minimum absolute atomic E-state index is 0.0474. The van der Waals surface area contributed by atoms with E-state index in [1.807, 2.05) is 31.2 Å². The van der Waals surface area contributed by atoms with Crippen molar-refractivity contribution < 1.29 is 33.6 Å². The van der Waals surface area contributed by atoms with Crippen molar-refractivity contribution in [3.8, 4) is 5.75 Å². The molecule has 1 unspecified atom stereocenters.